The van der Waals surface area contributed by atoms with Gasteiger partial charge in [0.15, 0.2) is 11.4 Å². The van der Waals surface area contributed by atoms with Crippen molar-refractivity contribution in [3.8, 4) is 0 Å². The Hall–Kier alpha value is -4.73. The van der Waals surface area contributed by atoms with E-state index >= 15 is 0 Å². The lowest BCUT2D eigenvalue weighted by molar-refractivity contribution is -0.148. The molecule has 202 valence electrons. The summed E-state index contributed by atoms with van der Waals surface area (Å²) in [5.41, 5.74) is 12.4. The number of carboxylic acid groups (broad SMARTS) is 1. The third-order valence-electron chi connectivity index (χ3n) is 6.81. The van der Waals surface area contributed by atoms with Gasteiger partial charge in [-0.1, -0.05) is 62.1 Å². The molecule has 39 heavy (non-hydrogen) atoms. The number of benzene rings is 2. The lowest BCUT2D eigenvalue weighted by Gasteiger charge is -2.30. The van der Waals surface area contributed by atoms with Gasteiger partial charge in [0.25, 0.3) is 5.91 Å². The summed E-state index contributed by atoms with van der Waals surface area (Å²) in [4.78, 5) is 44.3. The molecular formula is C29H31N5O5. The fourth-order valence-electron chi connectivity index (χ4n) is 4.80. The molecule has 0 atom stereocenters. The number of para-hydroxylation sites is 2. The number of hydrogen-bond acceptors (Lipinski definition) is 8. The van der Waals surface area contributed by atoms with Crippen LogP contribution in [-0.2, 0) is 9.53 Å². The van der Waals surface area contributed by atoms with Gasteiger partial charge in [0.05, 0.1) is 29.5 Å². The van der Waals surface area contributed by atoms with Crippen molar-refractivity contribution >= 4 is 51.0 Å². The number of methoxy groups -OCH3 is 1. The van der Waals surface area contributed by atoms with E-state index < -0.39 is 23.4 Å². The number of nitrogens with zero attached hydrogens (tertiary/aromatic N) is 2. The van der Waals surface area contributed by atoms with E-state index in [-0.39, 0.29) is 17.1 Å². The van der Waals surface area contributed by atoms with Gasteiger partial charge in [-0.3, -0.25) is 4.79 Å². The van der Waals surface area contributed by atoms with Gasteiger partial charge in [-0.15, -0.1) is 0 Å². The van der Waals surface area contributed by atoms with Crippen molar-refractivity contribution in [1.29, 1.82) is 0 Å². The number of nitrogen functional groups attached to an aromatic ring is 2. The highest BCUT2D eigenvalue weighted by Gasteiger charge is 2.41. The summed E-state index contributed by atoms with van der Waals surface area (Å²) in [6.07, 6.45) is 4.97. The monoisotopic (exact) mass is 529 g/mol. The highest BCUT2D eigenvalue weighted by Crippen LogP contribution is 2.29. The summed E-state index contributed by atoms with van der Waals surface area (Å²) in [5.74, 6) is -1.94. The molecule has 0 radical (unpaired) electrons. The van der Waals surface area contributed by atoms with Crippen LogP contribution in [0.5, 0.6) is 0 Å². The van der Waals surface area contributed by atoms with Gasteiger partial charge in [0, 0.05) is 10.8 Å². The summed E-state index contributed by atoms with van der Waals surface area (Å²) in [7, 11) is 1.35. The van der Waals surface area contributed by atoms with Crippen molar-refractivity contribution in [2.45, 2.75) is 44.1 Å². The van der Waals surface area contributed by atoms with Crippen LogP contribution >= 0.6 is 0 Å². The molecule has 10 heteroatoms. The summed E-state index contributed by atoms with van der Waals surface area (Å²) in [6, 6.07) is 18.1. The van der Waals surface area contributed by atoms with E-state index in [2.05, 4.69) is 15.3 Å². The van der Waals surface area contributed by atoms with E-state index in [1.54, 1.807) is 24.3 Å². The molecule has 0 aliphatic heterocycles. The van der Waals surface area contributed by atoms with E-state index in [0.29, 0.717) is 29.6 Å². The number of carbonyl (C=O) groups is 3. The minimum absolute atomic E-state index is 0.0938. The molecule has 0 bridgehead atoms. The molecule has 0 spiro atoms. The van der Waals surface area contributed by atoms with Crippen molar-refractivity contribution in [2.75, 3.05) is 18.6 Å². The zero-order valence-electron chi connectivity index (χ0n) is 21.6. The molecule has 2 aromatic carbocycles. The fourth-order valence-corrected chi connectivity index (χ4v) is 4.80. The molecule has 5 rings (SSSR count). The lowest BCUT2D eigenvalue weighted by atomic mass is 9.90. The number of pyridine rings is 2. The minimum atomic E-state index is -1.10. The van der Waals surface area contributed by atoms with E-state index in [1.165, 1.54) is 7.11 Å². The molecule has 1 aliphatic rings. The number of amides is 1. The Labute approximate surface area is 225 Å². The standard InChI is InChI=1S/C19H23N3O3.C10H8N2O2/c1-25-18(24)19(10-6-2-3-7-11-19)22-17(23)16-14(20)12-13-8-4-5-9-15(13)21-16;11-7-5-6-3-1-2-4-8(6)12-9(7)10(13)14/h4-5,8-9,12H,2-3,6-7,10-11,20H2,1H3,(H,22,23);1-5H,11H2,(H,13,14). The quantitative estimate of drug-likeness (QED) is 0.222. The van der Waals surface area contributed by atoms with Crippen LogP contribution in [0.3, 0.4) is 0 Å². The van der Waals surface area contributed by atoms with E-state index in [9.17, 15) is 14.4 Å². The Morgan fingerprint density at radius 2 is 1.31 bits per heavy atom. The Balaban J connectivity index is 0.000000212. The molecular weight excluding hydrogens is 498 g/mol. The summed E-state index contributed by atoms with van der Waals surface area (Å²) >= 11 is 0. The van der Waals surface area contributed by atoms with Gasteiger partial charge < -0.3 is 26.6 Å². The summed E-state index contributed by atoms with van der Waals surface area (Å²) in [6.45, 7) is 0. The van der Waals surface area contributed by atoms with Gasteiger partial charge >= 0.3 is 11.9 Å². The largest absolute Gasteiger partial charge is 0.476 e. The molecule has 4 aromatic rings. The lowest BCUT2D eigenvalue weighted by Crippen LogP contribution is -2.55. The van der Waals surface area contributed by atoms with Crippen LogP contribution < -0.4 is 16.8 Å². The van der Waals surface area contributed by atoms with Gasteiger partial charge in [0.1, 0.15) is 5.54 Å². The average Bonchev–Trinajstić information content (AvgIpc) is 3.18. The second kappa shape index (κ2) is 11.8. The maximum atomic E-state index is 12.9. The SMILES string of the molecule is COC(=O)C1(NC(=O)c2nc3ccccc3cc2N)CCCCCC1.Nc1cc2ccccc2nc1C(=O)O. The predicted molar refractivity (Wildman–Crippen MR) is 149 cm³/mol. The number of fused-ring (bicyclic) bond motifs is 2. The number of ether oxygens (including phenoxy) is 1. The number of carbonyl (C=O) groups excluding carboxylic acids is 2. The van der Waals surface area contributed by atoms with Crippen molar-refractivity contribution in [2.24, 2.45) is 0 Å². The number of rotatable bonds is 4. The van der Waals surface area contributed by atoms with Crippen LogP contribution in [0.2, 0.25) is 0 Å². The maximum Gasteiger partial charge on any atom is 0.356 e. The van der Waals surface area contributed by atoms with Crippen LogP contribution in [0.25, 0.3) is 21.8 Å². The normalized spacial score (nSPS) is 14.5. The molecule has 1 fully saturated rings. The first kappa shape index (κ1) is 27.3. The third-order valence-corrected chi connectivity index (χ3v) is 6.81. The van der Waals surface area contributed by atoms with Crippen LogP contribution in [0, 0.1) is 0 Å². The summed E-state index contributed by atoms with van der Waals surface area (Å²) in [5, 5.41) is 13.4. The molecule has 2 heterocycles. The smallest absolute Gasteiger partial charge is 0.356 e. The van der Waals surface area contributed by atoms with Crippen LogP contribution in [0.1, 0.15) is 59.5 Å². The maximum absolute atomic E-state index is 12.9. The fraction of sp³-hybridized carbons (Fsp3) is 0.276. The number of aromatic nitrogens is 2. The molecule has 1 amide bonds. The van der Waals surface area contributed by atoms with E-state index in [4.69, 9.17) is 21.3 Å². The van der Waals surface area contributed by atoms with Crippen LogP contribution in [0.4, 0.5) is 11.4 Å². The van der Waals surface area contributed by atoms with Crippen molar-refractivity contribution in [3.63, 3.8) is 0 Å². The summed E-state index contributed by atoms with van der Waals surface area (Å²) < 4.78 is 4.98. The predicted octanol–water partition coefficient (Wildman–Crippen LogP) is 4.33. The highest BCUT2D eigenvalue weighted by molar-refractivity contribution is 6.02. The average molecular weight is 530 g/mol. The first-order valence-corrected chi connectivity index (χ1v) is 12.7. The number of anilines is 2. The van der Waals surface area contributed by atoms with Crippen LogP contribution in [0.15, 0.2) is 60.7 Å². The second-order valence-electron chi connectivity index (χ2n) is 9.48. The molecule has 6 N–H and O–H groups in total. The van der Waals surface area contributed by atoms with Gasteiger partial charge in [-0.25, -0.2) is 19.6 Å². The number of hydrogen-bond donors (Lipinski definition) is 4. The molecule has 2 aromatic heterocycles. The van der Waals surface area contributed by atoms with Crippen LogP contribution in [-0.4, -0.2) is 45.6 Å². The van der Waals surface area contributed by atoms with Crippen molar-refractivity contribution in [1.82, 2.24) is 15.3 Å². The van der Waals surface area contributed by atoms with Gasteiger partial charge in [-0.2, -0.15) is 0 Å². The number of nitrogens with two attached hydrogens (primary N) is 2. The first-order chi connectivity index (χ1) is 18.7. The molecule has 1 aliphatic carbocycles. The van der Waals surface area contributed by atoms with Crippen molar-refractivity contribution in [3.05, 3.63) is 72.1 Å². The van der Waals surface area contributed by atoms with Crippen molar-refractivity contribution < 1.29 is 24.2 Å². The Morgan fingerprint density at radius 1 is 0.821 bits per heavy atom. The Morgan fingerprint density at radius 3 is 1.82 bits per heavy atom. The molecule has 1 saturated carbocycles. The number of carboxylic acids is 1. The molecule has 10 nitrogen and oxygen atoms in total. The Kier molecular flexibility index (Phi) is 8.24. The number of aromatic carboxylic acids is 1. The number of nitrogens with one attached hydrogen (secondary N) is 1. The zero-order valence-corrected chi connectivity index (χ0v) is 21.6. The second-order valence-corrected chi connectivity index (χ2v) is 9.48. The highest BCUT2D eigenvalue weighted by atomic mass is 16.5. The Bertz CT molecular complexity index is 1530. The zero-order chi connectivity index (χ0) is 28.0. The van der Waals surface area contributed by atoms with Gasteiger partial charge in [0.2, 0.25) is 0 Å². The van der Waals surface area contributed by atoms with E-state index in [0.717, 1.165) is 36.5 Å². The topological polar surface area (TPSA) is 171 Å². The molecule has 0 unspecified atom stereocenters. The number of esters is 1. The van der Waals surface area contributed by atoms with E-state index in [1.807, 2.05) is 36.4 Å². The minimum Gasteiger partial charge on any atom is -0.476 e. The van der Waals surface area contributed by atoms with Gasteiger partial charge in [-0.05, 0) is 37.1 Å². The molecule has 0 saturated heterocycles. The third kappa shape index (κ3) is 6.06. The first-order valence-electron chi connectivity index (χ1n) is 12.7.